The van der Waals surface area contributed by atoms with Crippen LogP contribution in [-0.4, -0.2) is 9.97 Å². The van der Waals surface area contributed by atoms with Crippen LogP contribution >= 0.6 is 0 Å². The van der Waals surface area contributed by atoms with Crippen LogP contribution in [-0.2, 0) is 12.8 Å². The van der Waals surface area contributed by atoms with E-state index in [9.17, 15) is 0 Å². The number of aromatic nitrogens is 2. The van der Waals surface area contributed by atoms with Gasteiger partial charge in [-0.25, -0.2) is 0 Å². The number of pyridine rings is 2. The topological polar surface area (TPSA) is 25.8 Å². The Morgan fingerprint density at radius 2 is 1.75 bits per heavy atom. The Kier molecular flexibility index (Phi) is 2.73. The summed E-state index contributed by atoms with van der Waals surface area (Å²) in [4.78, 5) is 9.17. The number of fused-ring (bicyclic) bond motifs is 2. The second kappa shape index (κ2) is 4.71. The van der Waals surface area contributed by atoms with Crippen molar-refractivity contribution in [2.24, 2.45) is 0 Å². The van der Waals surface area contributed by atoms with Crippen LogP contribution in [0.15, 0.2) is 48.8 Å². The first-order valence-electron chi connectivity index (χ1n) is 7.24. The number of hydrogen-bond donors (Lipinski definition) is 0. The van der Waals surface area contributed by atoms with E-state index in [1.54, 1.807) is 0 Å². The van der Waals surface area contributed by atoms with Gasteiger partial charge in [-0.05, 0) is 48.4 Å². The van der Waals surface area contributed by atoms with Crippen molar-refractivity contribution in [2.75, 3.05) is 0 Å². The predicted octanol–water partition coefficient (Wildman–Crippen LogP) is 4.18. The van der Waals surface area contributed by atoms with E-state index in [0.29, 0.717) is 0 Å². The molecule has 0 aliphatic heterocycles. The average molecular weight is 260 g/mol. The summed E-state index contributed by atoms with van der Waals surface area (Å²) in [6, 6.07) is 12.7. The quantitative estimate of drug-likeness (QED) is 0.656. The molecule has 0 atom stereocenters. The van der Waals surface area contributed by atoms with E-state index >= 15 is 0 Å². The van der Waals surface area contributed by atoms with E-state index in [1.807, 2.05) is 18.5 Å². The van der Waals surface area contributed by atoms with Gasteiger partial charge < -0.3 is 0 Å². The van der Waals surface area contributed by atoms with Crippen molar-refractivity contribution < 1.29 is 0 Å². The molecule has 1 aliphatic carbocycles. The molecule has 1 aromatic carbocycles. The molecule has 0 N–H and O–H groups in total. The van der Waals surface area contributed by atoms with Gasteiger partial charge in [0.1, 0.15) is 0 Å². The molecule has 0 spiro atoms. The molecular weight excluding hydrogens is 244 g/mol. The lowest BCUT2D eigenvalue weighted by molar-refractivity contribution is 0.672. The van der Waals surface area contributed by atoms with Gasteiger partial charge in [0.05, 0.1) is 5.52 Å². The van der Waals surface area contributed by atoms with E-state index in [1.165, 1.54) is 40.6 Å². The first-order chi connectivity index (χ1) is 9.93. The molecule has 2 heterocycles. The van der Waals surface area contributed by atoms with Gasteiger partial charge in [-0.3, -0.25) is 9.97 Å². The normalized spacial score (nSPS) is 14.2. The number of hydrogen-bond acceptors (Lipinski definition) is 2. The van der Waals surface area contributed by atoms with Crippen molar-refractivity contribution in [2.45, 2.75) is 25.7 Å². The van der Waals surface area contributed by atoms with Crippen LogP contribution < -0.4 is 0 Å². The maximum absolute atomic E-state index is 4.86. The zero-order chi connectivity index (χ0) is 13.4. The molecule has 4 rings (SSSR count). The first-order valence-corrected chi connectivity index (χ1v) is 7.24. The molecular formula is C18H16N2. The van der Waals surface area contributed by atoms with E-state index in [-0.39, 0.29) is 0 Å². The molecule has 98 valence electrons. The Hall–Kier alpha value is -2.22. The lowest BCUT2D eigenvalue weighted by atomic mass is 9.87. The van der Waals surface area contributed by atoms with Crippen molar-refractivity contribution >= 4 is 10.9 Å². The Morgan fingerprint density at radius 3 is 2.65 bits per heavy atom. The van der Waals surface area contributed by atoms with Crippen LogP contribution in [0.4, 0.5) is 0 Å². The fourth-order valence-electron chi connectivity index (χ4n) is 3.20. The zero-order valence-electron chi connectivity index (χ0n) is 11.3. The molecule has 0 saturated heterocycles. The fraction of sp³-hybridized carbons (Fsp3) is 0.222. The number of rotatable bonds is 1. The molecule has 2 heteroatoms. The highest BCUT2D eigenvalue weighted by molar-refractivity contribution is 5.96. The molecule has 0 amide bonds. The van der Waals surface area contributed by atoms with Crippen LogP contribution in [0.3, 0.4) is 0 Å². The van der Waals surface area contributed by atoms with Gasteiger partial charge in [0.15, 0.2) is 0 Å². The maximum Gasteiger partial charge on any atom is 0.0742 e. The highest BCUT2D eigenvalue weighted by Gasteiger charge is 2.18. The van der Waals surface area contributed by atoms with E-state index in [2.05, 4.69) is 35.3 Å². The van der Waals surface area contributed by atoms with Crippen LogP contribution in [0.5, 0.6) is 0 Å². The summed E-state index contributed by atoms with van der Waals surface area (Å²) in [5.41, 5.74) is 6.42. The Bertz CT molecular complexity index is 763. The van der Waals surface area contributed by atoms with Gasteiger partial charge in [0, 0.05) is 23.5 Å². The van der Waals surface area contributed by atoms with Crippen molar-refractivity contribution in [3.8, 4) is 11.1 Å². The summed E-state index contributed by atoms with van der Waals surface area (Å²) in [5.74, 6) is 0. The molecule has 0 radical (unpaired) electrons. The maximum atomic E-state index is 4.86. The number of nitrogens with zero attached hydrogens (tertiary/aromatic N) is 2. The van der Waals surface area contributed by atoms with Crippen molar-refractivity contribution in [3.63, 3.8) is 0 Å². The standard InChI is InChI=1S/C18H16N2/c1-2-6-13(7-3-1)18-14-8-4-5-9-16(14)20-17-10-11-19-12-15(17)18/h1-3,6-7,10-12H,4-5,8-9H2. The summed E-state index contributed by atoms with van der Waals surface area (Å²) in [6.07, 6.45) is 8.55. The third-order valence-corrected chi connectivity index (χ3v) is 4.13. The largest absolute Gasteiger partial charge is 0.264 e. The second-order valence-electron chi connectivity index (χ2n) is 5.38. The Morgan fingerprint density at radius 1 is 0.900 bits per heavy atom. The smallest absolute Gasteiger partial charge is 0.0742 e. The lowest BCUT2D eigenvalue weighted by Gasteiger charge is -2.20. The van der Waals surface area contributed by atoms with Crippen LogP contribution in [0.1, 0.15) is 24.1 Å². The highest BCUT2D eigenvalue weighted by Crippen LogP contribution is 2.35. The minimum atomic E-state index is 1.07. The molecule has 0 saturated carbocycles. The second-order valence-corrected chi connectivity index (χ2v) is 5.38. The number of benzene rings is 1. The number of aryl methyl sites for hydroxylation is 1. The van der Waals surface area contributed by atoms with Crippen molar-refractivity contribution in [3.05, 3.63) is 60.0 Å². The van der Waals surface area contributed by atoms with Gasteiger partial charge in [-0.2, -0.15) is 0 Å². The molecule has 0 bridgehead atoms. The summed E-state index contributed by atoms with van der Waals surface area (Å²) >= 11 is 0. The third kappa shape index (κ3) is 1.80. The van der Waals surface area contributed by atoms with E-state index in [4.69, 9.17) is 4.98 Å². The zero-order valence-corrected chi connectivity index (χ0v) is 11.3. The summed E-state index contributed by atoms with van der Waals surface area (Å²) in [5, 5.41) is 1.18. The van der Waals surface area contributed by atoms with E-state index in [0.717, 1.165) is 18.4 Å². The summed E-state index contributed by atoms with van der Waals surface area (Å²) < 4.78 is 0. The summed E-state index contributed by atoms with van der Waals surface area (Å²) in [6.45, 7) is 0. The first kappa shape index (κ1) is 11.6. The predicted molar refractivity (Wildman–Crippen MR) is 81.6 cm³/mol. The van der Waals surface area contributed by atoms with Crippen molar-refractivity contribution in [1.82, 2.24) is 9.97 Å². The van der Waals surface area contributed by atoms with Gasteiger partial charge in [-0.1, -0.05) is 30.3 Å². The minimum absolute atomic E-state index is 1.07. The van der Waals surface area contributed by atoms with Gasteiger partial charge in [0.2, 0.25) is 0 Å². The van der Waals surface area contributed by atoms with Crippen LogP contribution in [0.2, 0.25) is 0 Å². The molecule has 0 unspecified atom stereocenters. The SMILES string of the molecule is c1ccc(-c2c3c(nc4ccncc24)CCCC3)cc1. The molecule has 20 heavy (non-hydrogen) atoms. The fourth-order valence-corrected chi connectivity index (χ4v) is 3.20. The van der Waals surface area contributed by atoms with Crippen LogP contribution in [0.25, 0.3) is 22.0 Å². The van der Waals surface area contributed by atoms with Gasteiger partial charge in [0.25, 0.3) is 0 Å². The average Bonchev–Trinajstić information content (AvgIpc) is 2.53. The van der Waals surface area contributed by atoms with Gasteiger partial charge in [-0.15, -0.1) is 0 Å². The molecule has 2 aromatic heterocycles. The van der Waals surface area contributed by atoms with Gasteiger partial charge >= 0.3 is 0 Å². The third-order valence-electron chi connectivity index (χ3n) is 4.13. The summed E-state index contributed by atoms with van der Waals surface area (Å²) in [7, 11) is 0. The molecule has 2 nitrogen and oxygen atoms in total. The monoisotopic (exact) mass is 260 g/mol. The molecule has 1 aliphatic rings. The Balaban J connectivity index is 2.10. The minimum Gasteiger partial charge on any atom is -0.264 e. The van der Waals surface area contributed by atoms with Crippen LogP contribution in [0, 0.1) is 0 Å². The van der Waals surface area contributed by atoms with E-state index < -0.39 is 0 Å². The Labute approximate surface area is 118 Å². The molecule has 3 aromatic rings. The molecule has 0 fully saturated rings. The van der Waals surface area contributed by atoms with Crippen molar-refractivity contribution in [1.29, 1.82) is 0 Å². The lowest BCUT2D eigenvalue weighted by Crippen LogP contribution is -2.08. The highest BCUT2D eigenvalue weighted by atomic mass is 14.7.